The zero-order valence-corrected chi connectivity index (χ0v) is 11.3. The normalized spacial score (nSPS) is 10.0. The Balaban J connectivity index is 2.26. The summed E-state index contributed by atoms with van der Waals surface area (Å²) in [5, 5.41) is 13.4. The summed E-state index contributed by atoms with van der Waals surface area (Å²) in [5.41, 5.74) is 2.93. The van der Waals surface area contributed by atoms with E-state index in [2.05, 4.69) is 15.7 Å². The second kappa shape index (κ2) is 6.16. The first-order valence-corrected chi connectivity index (χ1v) is 6.07. The van der Waals surface area contributed by atoms with Crippen molar-refractivity contribution in [1.82, 2.24) is 4.98 Å². The number of nitrogens with two attached hydrogens (primary N) is 1. The number of nitro benzene ring substituents is 1. The van der Waals surface area contributed by atoms with Crippen LogP contribution in [-0.2, 0) is 0 Å². The van der Waals surface area contributed by atoms with Crippen LogP contribution in [0.25, 0.3) is 0 Å². The summed E-state index contributed by atoms with van der Waals surface area (Å²) < 4.78 is 0. The van der Waals surface area contributed by atoms with Crippen LogP contribution in [-0.4, -0.2) is 15.8 Å². The zero-order chi connectivity index (χ0) is 15.4. The molecule has 108 valence electrons. The standard InChI is InChI=1S/C12H10ClN5O3/c13-9-2-1-8(18(20)21)6-10(9)16-12(19)11-5-7(17-14)3-4-15-11/h1-6H,14H2,(H,15,17)(H,16,19). The first kappa shape index (κ1) is 14.7. The van der Waals surface area contributed by atoms with Crippen LogP contribution in [0.3, 0.4) is 0 Å². The van der Waals surface area contributed by atoms with Crippen molar-refractivity contribution in [1.29, 1.82) is 0 Å². The molecular formula is C12H10ClN5O3. The molecule has 0 saturated carbocycles. The first-order valence-electron chi connectivity index (χ1n) is 5.69. The van der Waals surface area contributed by atoms with Crippen molar-refractivity contribution in [2.45, 2.75) is 0 Å². The van der Waals surface area contributed by atoms with Crippen molar-refractivity contribution < 1.29 is 9.72 Å². The second-order valence-electron chi connectivity index (χ2n) is 3.95. The molecule has 0 aliphatic heterocycles. The third kappa shape index (κ3) is 3.44. The molecule has 2 aromatic rings. The number of benzene rings is 1. The Labute approximate surface area is 124 Å². The van der Waals surface area contributed by atoms with Gasteiger partial charge in [-0.15, -0.1) is 0 Å². The van der Waals surface area contributed by atoms with Gasteiger partial charge in [0.2, 0.25) is 0 Å². The molecule has 1 amide bonds. The van der Waals surface area contributed by atoms with Crippen LogP contribution in [0.4, 0.5) is 17.1 Å². The summed E-state index contributed by atoms with van der Waals surface area (Å²) in [6.45, 7) is 0. The van der Waals surface area contributed by atoms with Gasteiger partial charge in [0.1, 0.15) is 5.69 Å². The van der Waals surface area contributed by atoms with E-state index in [0.29, 0.717) is 5.69 Å². The molecule has 8 nitrogen and oxygen atoms in total. The minimum atomic E-state index is -0.580. The van der Waals surface area contributed by atoms with Gasteiger partial charge in [-0.25, -0.2) is 0 Å². The number of carbonyl (C=O) groups is 1. The third-order valence-corrected chi connectivity index (χ3v) is 2.90. The summed E-state index contributed by atoms with van der Waals surface area (Å²) in [4.78, 5) is 26.1. The summed E-state index contributed by atoms with van der Waals surface area (Å²) in [6, 6.07) is 6.76. The third-order valence-electron chi connectivity index (χ3n) is 2.57. The van der Waals surface area contributed by atoms with Crippen molar-refractivity contribution in [2.75, 3.05) is 10.7 Å². The number of anilines is 2. The Morgan fingerprint density at radius 1 is 1.33 bits per heavy atom. The van der Waals surface area contributed by atoms with Gasteiger partial charge >= 0.3 is 0 Å². The number of pyridine rings is 1. The Bertz CT molecular complexity index is 707. The molecule has 4 N–H and O–H groups in total. The molecule has 9 heteroatoms. The van der Waals surface area contributed by atoms with Gasteiger partial charge in [0.25, 0.3) is 11.6 Å². The van der Waals surface area contributed by atoms with E-state index in [1.807, 2.05) is 0 Å². The van der Waals surface area contributed by atoms with Crippen LogP contribution in [0.15, 0.2) is 36.5 Å². The van der Waals surface area contributed by atoms with Gasteiger partial charge in [-0.2, -0.15) is 0 Å². The molecule has 0 aliphatic rings. The molecule has 0 aliphatic carbocycles. The molecule has 21 heavy (non-hydrogen) atoms. The number of non-ortho nitro benzene ring substituents is 1. The number of nitrogens with one attached hydrogen (secondary N) is 2. The topological polar surface area (TPSA) is 123 Å². The molecule has 0 radical (unpaired) electrons. The van der Waals surface area contributed by atoms with Crippen LogP contribution in [0.2, 0.25) is 5.02 Å². The summed E-state index contributed by atoms with van der Waals surface area (Å²) in [7, 11) is 0. The minimum absolute atomic E-state index is 0.0908. The van der Waals surface area contributed by atoms with Gasteiger partial charge in [0.05, 0.1) is 21.3 Å². The highest BCUT2D eigenvalue weighted by atomic mass is 35.5. The number of nitrogens with zero attached hydrogens (tertiary/aromatic N) is 2. The van der Waals surface area contributed by atoms with Crippen molar-refractivity contribution in [2.24, 2.45) is 5.84 Å². The van der Waals surface area contributed by atoms with Crippen LogP contribution in [0.5, 0.6) is 0 Å². The van der Waals surface area contributed by atoms with E-state index < -0.39 is 10.8 Å². The maximum absolute atomic E-state index is 12.0. The molecule has 1 heterocycles. The van der Waals surface area contributed by atoms with Gasteiger partial charge in [-0.3, -0.25) is 25.7 Å². The van der Waals surface area contributed by atoms with E-state index in [0.717, 1.165) is 0 Å². The van der Waals surface area contributed by atoms with Gasteiger partial charge in [-0.1, -0.05) is 11.6 Å². The number of carbonyl (C=O) groups excluding carboxylic acids is 1. The second-order valence-corrected chi connectivity index (χ2v) is 4.36. The van der Waals surface area contributed by atoms with Crippen LogP contribution < -0.4 is 16.6 Å². The van der Waals surface area contributed by atoms with Gasteiger partial charge in [-0.05, 0) is 18.2 Å². The molecule has 0 fully saturated rings. The Morgan fingerprint density at radius 3 is 2.76 bits per heavy atom. The average Bonchev–Trinajstić information content (AvgIpc) is 2.49. The number of halogens is 1. The van der Waals surface area contributed by atoms with Crippen molar-refractivity contribution >= 4 is 34.6 Å². The molecule has 0 spiro atoms. The van der Waals surface area contributed by atoms with E-state index in [1.54, 1.807) is 6.07 Å². The van der Waals surface area contributed by atoms with Crippen molar-refractivity contribution in [3.63, 3.8) is 0 Å². The van der Waals surface area contributed by atoms with E-state index in [1.165, 1.54) is 30.5 Å². The molecule has 0 unspecified atom stereocenters. The molecule has 0 saturated heterocycles. The lowest BCUT2D eigenvalue weighted by Crippen LogP contribution is -2.15. The first-order chi connectivity index (χ1) is 10.0. The monoisotopic (exact) mass is 307 g/mol. The number of hydrogen-bond donors (Lipinski definition) is 3. The highest BCUT2D eigenvalue weighted by Crippen LogP contribution is 2.27. The molecule has 0 bridgehead atoms. The van der Waals surface area contributed by atoms with Crippen LogP contribution >= 0.6 is 11.6 Å². The molecule has 1 aromatic heterocycles. The fourth-order valence-corrected chi connectivity index (χ4v) is 1.72. The fraction of sp³-hybridized carbons (Fsp3) is 0. The van der Waals surface area contributed by atoms with E-state index >= 15 is 0 Å². The van der Waals surface area contributed by atoms with Gasteiger partial charge in [0, 0.05) is 18.3 Å². The summed E-state index contributed by atoms with van der Waals surface area (Å²) in [5.74, 6) is 4.68. The largest absolute Gasteiger partial charge is 0.324 e. The van der Waals surface area contributed by atoms with Gasteiger partial charge in [0.15, 0.2) is 0 Å². The minimum Gasteiger partial charge on any atom is -0.324 e. The van der Waals surface area contributed by atoms with E-state index in [-0.39, 0.29) is 22.1 Å². The SMILES string of the molecule is NNc1ccnc(C(=O)Nc2cc([N+](=O)[O-])ccc2Cl)c1. The Morgan fingerprint density at radius 2 is 2.10 bits per heavy atom. The lowest BCUT2D eigenvalue weighted by molar-refractivity contribution is -0.384. The molecule has 1 aromatic carbocycles. The number of aromatic nitrogens is 1. The number of hydrogen-bond acceptors (Lipinski definition) is 6. The van der Waals surface area contributed by atoms with Crippen molar-refractivity contribution in [3.05, 3.63) is 57.4 Å². The average molecular weight is 308 g/mol. The number of nitrogen functional groups attached to an aromatic ring is 1. The Kier molecular flexibility index (Phi) is 4.31. The highest BCUT2D eigenvalue weighted by Gasteiger charge is 2.14. The summed E-state index contributed by atoms with van der Waals surface area (Å²) in [6.07, 6.45) is 1.40. The quantitative estimate of drug-likeness (QED) is 0.452. The maximum atomic E-state index is 12.0. The highest BCUT2D eigenvalue weighted by molar-refractivity contribution is 6.34. The number of nitro groups is 1. The van der Waals surface area contributed by atoms with E-state index in [4.69, 9.17) is 17.4 Å². The number of amides is 1. The van der Waals surface area contributed by atoms with E-state index in [9.17, 15) is 14.9 Å². The summed E-state index contributed by atoms with van der Waals surface area (Å²) >= 11 is 5.90. The fourth-order valence-electron chi connectivity index (χ4n) is 1.55. The number of rotatable bonds is 4. The van der Waals surface area contributed by atoms with Crippen LogP contribution in [0.1, 0.15) is 10.5 Å². The predicted octanol–water partition coefficient (Wildman–Crippen LogP) is 2.18. The lowest BCUT2D eigenvalue weighted by atomic mass is 10.2. The lowest BCUT2D eigenvalue weighted by Gasteiger charge is -2.07. The zero-order valence-electron chi connectivity index (χ0n) is 10.5. The molecule has 0 atom stereocenters. The van der Waals surface area contributed by atoms with Crippen molar-refractivity contribution in [3.8, 4) is 0 Å². The Hall–Kier alpha value is -2.71. The van der Waals surface area contributed by atoms with Gasteiger partial charge < -0.3 is 10.7 Å². The predicted molar refractivity (Wildman–Crippen MR) is 78.1 cm³/mol. The maximum Gasteiger partial charge on any atom is 0.274 e. The smallest absolute Gasteiger partial charge is 0.274 e. The molecule has 2 rings (SSSR count). The number of hydrazine groups is 1. The van der Waals surface area contributed by atoms with Crippen LogP contribution in [0, 0.1) is 10.1 Å². The molecular weight excluding hydrogens is 298 g/mol.